The van der Waals surface area contributed by atoms with Gasteiger partial charge in [0.25, 0.3) is 0 Å². The van der Waals surface area contributed by atoms with E-state index in [1.165, 1.54) is 29.4 Å². The number of halogens is 1. The predicted octanol–water partition coefficient (Wildman–Crippen LogP) is 1.86. The van der Waals surface area contributed by atoms with Gasteiger partial charge in [0, 0.05) is 19.1 Å². The lowest BCUT2D eigenvalue weighted by molar-refractivity contribution is 0.177. The molecule has 0 aliphatic carbocycles. The summed E-state index contributed by atoms with van der Waals surface area (Å²) < 4.78 is 46.2. The van der Waals surface area contributed by atoms with Crippen LogP contribution in [-0.4, -0.2) is 53.7 Å². The first kappa shape index (κ1) is 21.0. The predicted molar refractivity (Wildman–Crippen MR) is 108 cm³/mol. The summed E-state index contributed by atoms with van der Waals surface area (Å²) in [6.45, 7) is 0.829. The lowest BCUT2D eigenvalue weighted by Crippen LogP contribution is -2.52. The van der Waals surface area contributed by atoms with Crippen molar-refractivity contribution in [2.45, 2.75) is 30.3 Å². The fourth-order valence-electron chi connectivity index (χ4n) is 3.34. The number of aromatic amines is 1. The molecular formula is C19H21FN6O4S. The van der Waals surface area contributed by atoms with Crippen LogP contribution in [0.2, 0.25) is 0 Å². The highest BCUT2D eigenvalue weighted by atomic mass is 32.2. The van der Waals surface area contributed by atoms with E-state index in [0.717, 1.165) is 6.07 Å². The highest BCUT2D eigenvalue weighted by Crippen LogP contribution is 2.16. The van der Waals surface area contributed by atoms with E-state index in [1.54, 1.807) is 12.1 Å². The molecule has 0 radical (unpaired) electrons. The average molecular weight is 448 g/mol. The van der Waals surface area contributed by atoms with Crippen molar-refractivity contribution in [2.75, 3.05) is 13.1 Å². The van der Waals surface area contributed by atoms with Crippen LogP contribution in [0.15, 0.2) is 52.0 Å². The molecule has 0 saturated carbocycles. The molecule has 0 bridgehead atoms. The molecule has 1 saturated heterocycles. The number of aromatic nitrogens is 3. The molecule has 0 spiro atoms. The molecular weight excluding hydrogens is 427 g/mol. The number of furan rings is 1. The molecule has 12 heteroatoms. The first-order chi connectivity index (χ1) is 14.9. The van der Waals surface area contributed by atoms with Crippen LogP contribution in [-0.2, 0) is 16.6 Å². The van der Waals surface area contributed by atoms with Crippen LogP contribution in [0.4, 0.5) is 9.18 Å². The summed E-state index contributed by atoms with van der Waals surface area (Å²) in [5, 5.41) is 9.52. The number of benzene rings is 1. The number of likely N-dealkylation sites (tertiary alicyclic amines) is 1. The zero-order chi connectivity index (χ0) is 21.8. The van der Waals surface area contributed by atoms with Crippen molar-refractivity contribution >= 4 is 16.1 Å². The lowest BCUT2D eigenvalue weighted by atomic mass is 10.1. The van der Waals surface area contributed by atoms with Crippen LogP contribution in [0.25, 0.3) is 11.6 Å². The van der Waals surface area contributed by atoms with E-state index in [2.05, 4.69) is 25.2 Å². The molecule has 164 valence electrons. The minimum absolute atomic E-state index is 0.128. The monoisotopic (exact) mass is 448 g/mol. The fraction of sp³-hybridized carbons (Fsp3) is 0.316. The van der Waals surface area contributed by atoms with E-state index in [1.807, 2.05) is 0 Å². The van der Waals surface area contributed by atoms with Gasteiger partial charge in [0.1, 0.15) is 11.6 Å². The van der Waals surface area contributed by atoms with Crippen molar-refractivity contribution in [3.8, 4) is 11.6 Å². The molecule has 1 atom stereocenters. The van der Waals surface area contributed by atoms with Crippen molar-refractivity contribution in [2.24, 2.45) is 0 Å². The maximum Gasteiger partial charge on any atom is 0.317 e. The third-order valence-corrected chi connectivity index (χ3v) is 6.34. The maximum atomic E-state index is 13.4. The lowest BCUT2D eigenvalue weighted by Gasteiger charge is -2.33. The molecule has 1 aliphatic heterocycles. The van der Waals surface area contributed by atoms with Gasteiger partial charge in [0.15, 0.2) is 5.76 Å². The van der Waals surface area contributed by atoms with E-state index in [9.17, 15) is 17.6 Å². The van der Waals surface area contributed by atoms with Gasteiger partial charge in [-0.25, -0.2) is 27.3 Å². The maximum absolute atomic E-state index is 13.4. The summed E-state index contributed by atoms with van der Waals surface area (Å²) in [5.41, 5.74) is 0. The van der Waals surface area contributed by atoms with Crippen LogP contribution >= 0.6 is 0 Å². The Morgan fingerprint density at radius 1 is 1.32 bits per heavy atom. The van der Waals surface area contributed by atoms with Gasteiger partial charge in [-0.15, -0.1) is 5.10 Å². The molecule has 1 unspecified atom stereocenters. The summed E-state index contributed by atoms with van der Waals surface area (Å²) in [6, 6.07) is 7.45. The number of carbonyl (C=O) groups excluding carboxylic acids is 1. The van der Waals surface area contributed by atoms with Gasteiger partial charge in [0.2, 0.25) is 15.8 Å². The van der Waals surface area contributed by atoms with Crippen molar-refractivity contribution in [3.05, 3.63) is 54.3 Å². The number of urea groups is 1. The number of H-pyrrole nitrogens is 1. The third-order valence-electron chi connectivity index (χ3n) is 4.82. The minimum Gasteiger partial charge on any atom is -0.461 e. The largest absolute Gasteiger partial charge is 0.461 e. The number of hydrogen-bond donors (Lipinski definition) is 3. The fourth-order valence-corrected chi connectivity index (χ4v) is 4.63. The Hall–Kier alpha value is -3.25. The summed E-state index contributed by atoms with van der Waals surface area (Å²) >= 11 is 0. The number of piperidine rings is 1. The van der Waals surface area contributed by atoms with Gasteiger partial charge in [-0.1, -0.05) is 6.07 Å². The molecule has 4 rings (SSSR count). The van der Waals surface area contributed by atoms with Crippen LogP contribution in [0, 0.1) is 5.82 Å². The van der Waals surface area contributed by atoms with E-state index in [4.69, 9.17) is 4.42 Å². The number of sulfonamides is 1. The van der Waals surface area contributed by atoms with Crippen molar-refractivity contribution < 1.29 is 22.0 Å². The summed E-state index contributed by atoms with van der Waals surface area (Å²) in [5.74, 6) is 0.729. The molecule has 1 aliphatic rings. The molecule has 2 aromatic heterocycles. The van der Waals surface area contributed by atoms with E-state index < -0.39 is 21.9 Å². The van der Waals surface area contributed by atoms with Crippen LogP contribution in [0.3, 0.4) is 0 Å². The minimum atomic E-state index is -3.89. The van der Waals surface area contributed by atoms with Crippen molar-refractivity contribution in [1.82, 2.24) is 30.1 Å². The van der Waals surface area contributed by atoms with E-state index >= 15 is 0 Å². The number of amides is 2. The first-order valence-electron chi connectivity index (χ1n) is 9.66. The van der Waals surface area contributed by atoms with Crippen LogP contribution < -0.4 is 10.0 Å². The van der Waals surface area contributed by atoms with E-state index in [-0.39, 0.29) is 24.0 Å². The summed E-state index contributed by atoms with van der Waals surface area (Å²) in [6.07, 6.45) is 2.73. The quantitative estimate of drug-likeness (QED) is 0.527. The normalized spacial score (nSPS) is 16.9. The average Bonchev–Trinajstić information content (AvgIpc) is 3.44. The number of nitrogens with zero attached hydrogens (tertiary/aromatic N) is 3. The van der Waals surface area contributed by atoms with Crippen molar-refractivity contribution in [3.63, 3.8) is 0 Å². The molecule has 3 aromatic rings. The second kappa shape index (κ2) is 8.86. The summed E-state index contributed by atoms with van der Waals surface area (Å²) in [4.78, 5) is 18.2. The van der Waals surface area contributed by atoms with Gasteiger partial charge in [-0.3, -0.25) is 5.10 Å². The third kappa shape index (κ3) is 5.09. The number of rotatable bonds is 6. The van der Waals surface area contributed by atoms with Gasteiger partial charge >= 0.3 is 6.03 Å². The standard InChI is InChI=1S/C19H21FN6O4S/c20-13-4-1-6-15(10-13)31(28,29)25-14-5-2-8-26(12-14)19(27)21-11-17-22-18(24-23-17)16-7-3-9-30-16/h1,3-4,6-7,9-10,14,25H,2,5,8,11-12H2,(H,21,27)(H,22,23,24). The summed E-state index contributed by atoms with van der Waals surface area (Å²) in [7, 11) is -3.89. The second-order valence-electron chi connectivity index (χ2n) is 7.11. The Bertz CT molecular complexity index is 1150. The van der Waals surface area contributed by atoms with Gasteiger partial charge in [-0.2, -0.15) is 0 Å². The first-order valence-corrected chi connectivity index (χ1v) is 11.1. The zero-order valence-electron chi connectivity index (χ0n) is 16.4. The number of carbonyl (C=O) groups is 1. The SMILES string of the molecule is O=C(NCc1nc(-c2ccco2)n[nH]1)N1CCCC(NS(=O)(=O)c2cccc(F)c2)C1. The molecule has 3 N–H and O–H groups in total. The Balaban J connectivity index is 1.32. The van der Waals surface area contributed by atoms with Crippen LogP contribution in [0.5, 0.6) is 0 Å². The molecule has 1 aromatic carbocycles. The number of nitrogens with one attached hydrogen (secondary N) is 3. The Morgan fingerprint density at radius 3 is 2.97 bits per heavy atom. The van der Waals surface area contributed by atoms with Crippen LogP contribution in [0.1, 0.15) is 18.7 Å². The zero-order valence-corrected chi connectivity index (χ0v) is 17.2. The van der Waals surface area contributed by atoms with E-state index in [0.29, 0.717) is 36.8 Å². The molecule has 3 heterocycles. The Kier molecular flexibility index (Phi) is 6.00. The molecule has 31 heavy (non-hydrogen) atoms. The van der Waals surface area contributed by atoms with Gasteiger partial charge < -0.3 is 14.6 Å². The molecule has 10 nitrogen and oxygen atoms in total. The smallest absolute Gasteiger partial charge is 0.317 e. The number of hydrogen-bond acceptors (Lipinski definition) is 6. The highest BCUT2D eigenvalue weighted by molar-refractivity contribution is 7.89. The molecule has 2 amide bonds. The highest BCUT2D eigenvalue weighted by Gasteiger charge is 2.28. The van der Waals surface area contributed by atoms with Gasteiger partial charge in [-0.05, 0) is 43.2 Å². The second-order valence-corrected chi connectivity index (χ2v) is 8.82. The van der Waals surface area contributed by atoms with Crippen molar-refractivity contribution in [1.29, 1.82) is 0 Å². The van der Waals surface area contributed by atoms with Gasteiger partial charge in [0.05, 0.1) is 17.7 Å². The Labute approximate surface area is 177 Å². The molecule has 1 fully saturated rings. The Morgan fingerprint density at radius 2 is 2.19 bits per heavy atom. The topological polar surface area (TPSA) is 133 Å².